The van der Waals surface area contributed by atoms with Gasteiger partial charge in [0.15, 0.2) is 0 Å². The third kappa shape index (κ3) is 13.8. The number of hydrogen-bond acceptors (Lipinski definition) is 4. The Morgan fingerprint density at radius 2 is 1.00 bits per heavy atom. The predicted molar refractivity (Wildman–Crippen MR) is 87.9 cm³/mol. The van der Waals surface area contributed by atoms with Gasteiger partial charge in [0.1, 0.15) is 0 Å². The number of aromatic nitrogens is 2. The molecule has 0 amide bonds. The van der Waals surface area contributed by atoms with Crippen molar-refractivity contribution in [3.63, 3.8) is 0 Å². The van der Waals surface area contributed by atoms with Crippen LogP contribution in [0.1, 0.15) is 0 Å². The zero-order valence-corrected chi connectivity index (χ0v) is 15.6. The van der Waals surface area contributed by atoms with Gasteiger partial charge in [-0.25, -0.2) is 0 Å². The first-order valence-corrected chi connectivity index (χ1v) is 16.8. The number of hydrogen-bond donors (Lipinski definition) is 0. The van der Waals surface area contributed by atoms with Gasteiger partial charge < -0.3 is 0 Å². The van der Waals surface area contributed by atoms with Crippen LogP contribution in [0.3, 0.4) is 0 Å². The Hall–Kier alpha value is -0.457. The maximum Gasteiger partial charge on any atom is 0.0267 e. The number of rotatable bonds is 0. The largest absolute Gasteiger partial charge is 0.265 e. The second-order valence-electron chi connectivity index (χ2n) is 2.60. The van der Waals surface area contributed by atoms with E-state index in [1.165, 1.54) is 0 Å². The molecule has 0 bridgehead atoms. The Labute approximate surface area is 134 Å². The SMILES string of the molecule is O=[C]=[Ru]([I])([I])=[C]=O.c1ccncc1.c1ccncc1. The molecule has 0 radical (unpaired) electrons. The van der Waals surface area contributed by atoms with Crippen LogP contribution in [-0.2, 0) is 16.4 Å². The van der Waals surface area contributed by atoms with Crippen molar-refractivity contribution in [2.75, 3.05) is 0 Å². The standard InChI is InChI=1S/2C5H5N.2CO.2HI.Ru/c2*1-2-4-6-5-3-1;2*1-2;;;/h2*1-5H;;;2*1H;/q;;;;;;+2/p-2. The number of pyridine rings is 2. The Kier molecular flexibility index (Phi) is 12.3. The summed E-state index contributed by atoms with van der Waals surface area (Å²) in [4.78, 5) is 27.0. The fourth-order valence-corrected chi connectivity index (χ4v) is 0.712. The first-order valence-electron chi connectivity index (χ1n) is 4.73. The van der Waals surface area contributed by atoms with E-state index in [1.54, 1.807) is 33.7 Å². The summed E-state index contributed by atoms with van der Waals surface area (Å²) in [6.45, 7) is -2.60. The van der Waals surface area contributed by atoms with Crippen molar-refractivity contribution in [3.8, 4) is 0 Å². The molecule has 0 saturated carbocycles. The number of halogens is 2. The molecule has 0 aliphatic carbocycles. The molecule has 102 valence electrons. The van der Waals surface area contributed by atoms with Gasteiger partial charge in [0.25, 0.3) is 0 Å². The second kappa shape index (κ2) is 12.6. The van der Waals surface area contributed by atoms with Crippen LogP contribution in [0.15, 0.2) is 61.2 Å². The zero-order valence-electron chi connectivity index (χ0n) is 9.59. The van der Waals surface area contributed by atoms with Gasteiger partial charge in [-0.2, -0.15) is 0 Å². The van der Waals surface area contributed by atoms with Gasteiger partial charge in [0.05, 0.1) is 0 Å². The van der Waals surface area contributed by atoms with Crippen molar-refractivity contribution >= 4 is 48.4 Å². The molecule has 0 atom stereocenters. The zero-order chi connectivity index (χ0) is 14.4. The van der Waals surface area contributed by atoms with E-state index in [2.05, 4.69) is 9.97 Å². The van der Waals surface area contributed by atoms with E-state index in [0.29, 0.717) is 0 Å². The summed E-state index contributed by atoms with van der Waals surface area (Å²) in [6.07, 6.45) is 7.00. The average Bonchev–Trinajstić information content (AvgIpc) is 2.52. The van der Waals surface area contributed by atoms with E-state index in [9.17, 15) is 9.59 Å². The molecule has 0 N–H and O–H groups in total. The molecule has 2 rings (SSSR count). The summed E-state index contributed by atoms with van der Waals surface area (Å²) < 4.78 is 3.32. The molecule has 19 heavy (non-hydrogen) atoms. The van der Waals surface area contributed by atoms with Crippen LogP contribution in [0.5, 0.6) is 0 Å². The van der Waals surface area contributed by atoms with Gasteiger partial charge in [0, 0.05) is 24.8 Å². The summed E-state index contributed by atoms with van der Waals surface area (Å²) in [5.74, 6) is 0. The minimum absolute atomic E-state index is 1.66. The third-order valence-corrected chi connectivity index (χ3v) is 5.89. The molecule has 0 spiro atoms. The Morgan fingerprint density at radius 1 is 0.684 bits per heavy atom. The van der Waals surface area contributed by atoms with Crippen molar-refractivity contribution in [1.29, 1.82) is 0 Å². The number of nitrogens with zero attached hydrogens (tertiary/aromatic N) is 2. The van der Waals surface area contributed by atoms with Gasteiger partial charge in [-0.15, -0.1) is 0 Å². The molecule has 7 heteroatoms. The molecule has 0 aliphatic heterocycles. The van der Waals surface area contributed by atoms with E-state index in [1.807, 2.05) is 75.9 Å². The molecule has 4 nitrogen and oxygen atoms in total. The fourth-order valence-electron chi connectivity index (χ4n) is 0.640. The maximum atomic E-state index is 9.73. The molecular weight excluding hydrogens is 559 g/mol. The molecule has 0 aromatic carbocycles. The Balaban J connectivity index is 0.000000256. The second-order valence-corrected chi connectivity index (χ2v) is 27.5. The van der Waals surface area contributed by atoms with E-state index in [0.717, 1.165) is 0 Å². The van der Waals surface area contributed by atoms with Gasteiger partial charge in [-0.1, -0.05) is 12.1 Å². The van der Waals surface area contributed by atoms with Crippen LogP contribution >= 0.6 is 39.5 Å². The molecule has 2 heterocycles. The average molecular weight is 569 g/mol. The van der Waals surface area contributed by atoms with Gasteiger partial charge in [0.2, 0.25) is 0 Å². The quantitative estimate of drug-likeness (QED) is 0.362. The minimum atomic E-state index is -2.60. The number of carbonyl (C=O) groups excluding carboxylic acids is 2. The van der Waals surface area contributed by atoms with Crippen LogP contribution in [-0.4, -0.2) is 18.9 Å². The topological polar surface area (TPSA) is 59.9 Å². The van der Waals surface area contributed by atoms with Crippen LogP contribution < -0.4 is 0 Å². The van der Waals surface area contributed by atoms with Gasteiger partial charge >= 0.3 is 64.9 Å². The van der Waals surface area contributed by atoms with Crippen molar-refractivity contribution in [3.05, 3.63) is 61.2 Å². The molecule has 0 fully saturated rings. The monoisotopic (exact) mass is 570 g/mol. The maximum absolute atomic E-state index is 9.73. The Bertz CT molecular complexity index is 491. The van der Waals surface area contributed by atoms with E-state index < -0.39 is 6.84 Å². The summed E-state index contributed by atoms with van der Waals surface area (Å²) in [6, 6.07) is 11.4. The molecule has 2 aromatic heterocycles. The summed E-state index contributed by atoms with van der Waals surface area (Å²) in [5.41, 5.74) is 0. The third-order valence-electron chi connectivity index (χ3n) is 1.31. The van der Waals surface area contributed by atoms with E-state index >= 15 is 0 Å². The summed E-state index contributed by atoms with van der Waals surface area (Å²) in [7, 11) is 0. The first kappa shape index (κ1) is 18.5. The molecule has 0 aliphatic rings. The van der Waals surface area contributed by atoms with E-state index in [-0.39, 0.29) is 0 Å². The van der Waals surface area contributed by atoms with Gasteiger partial charge in [-0.05, 0) is 24.3 Å². The van der Waals surface area contributed by atoms with E-state index in [4.69, 9.17) is 0 Å². The van der Waals surface area contributed by atoms with Crippen LogP contribution in [0, 0.1) is 0 Å². The molecule has 0 saturated heterocycles. The first-order chi connectivity index (χ1) is 9.12. The Morgan fingerprint density at radius 3 is 1.05 bits per heavy atom. The summed E-state index contributed by atoms with van der Waals surface area (Å²) >= 11 is 3.63. The summed E-state index contributed by atoms with van der Waals surface area (Å²) in [5, 5.41) is 0. The predicted octanol–water partition coefficient (Wildman–Crippen LogP) is 3.14. The van der Waals surface area contributed by atoms with Crippen molar-refractivity contribution in [2.24, 2.45) is 0 Å². The fraction of sp³-hybridized carbons (Fsp3) is 0. The van der Waals surface area contributed by atoms with Gasteiger partial charge in [-0.3, -0.25) is 9.97 Å². The molecular formula is C12H10I2N2O2Ru. The van der Waals surface area contributed by atoms with Crippen molar-refractivity contribution in [1.82, 2.24) is 9.97 Å². The minimum Gasteiger partial charge on any atom is -0.265 e. The molecule has 2 aromatic rings. The van der Waals surface area contributed by atoms with Crippen LogP contribution in [0.2, 0.25) is 0 Å². The smallest absolute Gasteiger partial charge is 0.0267 e. The van der Waals surface area contributed by atoms with Crippen LogP contribution in [0.4, 0.5) is 0 Å². The molecule has 0 unspecified atom stereocenters. The van der Waals surface area contributed by atoms with Crippen molar-refractivity contribution in [2.45, 2.75) is 0 Å². The van der Waals surface area contributed by atoms with Crippen LogP contribution in [0.25, 0.3) is 0 Å². The van der Waals surface area contributed by atoms with Crippen molar-refractivity contribution < 1.29 is 16.4 Å². The normalized spacial score (nSPS) is 9.37.